The Hall–Kier alpha value is -4.00. The van der Waals surface area contributed by atoms with Crippen molar-refractivity contribution in [2.45, 2.75) is 144 Å². The molecule has 6 atom stereocenters. The minimum Gasteiger partial charge on any atom is -0.455 e. The van der Waals surface area contributed by atoms with E-state index in [2.05, 4.69) is 22.5 Å². The number of thiazole rings is 1. The van der Waals surface area contributed by atoms with E-state index in [4.69, 9.17) is 9.47 Å². The summed E-state index contributed by atoms with van der Waals surface area (Å²) < 4.78 is 11.3. The average molecular weight is 772 g/mol. The quantitative estimate of drug-likeness (QED) is 0.143. The Bertz CT molecular complexity index is 1520. The summed E-state index contributed by atoms with van der Waals surface area (Å²) in [6.45, 7) is 20.1. The Morgan fingerprint density at radius 2 is 1.54 bits per heavy atom. The SMILES string of the molecule is CCC[C@H](Cc1ccccc1)NC(=O)c1csc([C@@H](C[C@H](C(C)C)N(C)C(=O)[C@@H](NC(=O)[C@H](C(C)C)N(C)C(=O)OC(C)(C)C)[C@@H](C)CC)OC(C)=O)n1. The third kappa shape index (κ3) is 14.0. The van der Waals surface area contributed by atoms with Gasteiger partial charge in [0.1, 0.15) is 28.4 Å². The molecule has 1 aromatic heterocycles. The van der Waals surface area contributed by atoms with Crippen LogP contribution in [-0.2, 0) is 30.3 Å². The molecule has 1 heterocycles. The van der Waals surface area contributed by atoms with Crippen LogP contribution in [0.5, 0.6) is 0 Å². The Balaban J connectivity index is 2.33. The van der Waals surface area contributed by atoms with Crippen LogP contribution in [-0.4, -0.2) is 88.4 Å². The van der Waals surface area contributed by atoms with Gasteiger partial charge in [-0.1, -0.05) is 91.6 Å². The van der Waals surface area contributed by atoms with Crippen molar-refractivity contribution in [3.8, 4) is 0 Å². The van der Waals surface area contributed by atoms with Gasteiger partial charge in [0.2, 0.25) is 11.8 Å². The number of nitrogens with one attached hydrogen (secondary N) is 2. The van der Waals surface area contributed by atoms with E-state index < -0.39 is 47.8 Å². The van der Waals surface area contributed by atoms with Crippen molar-refractivity contribution < 1.29 is 33.4 Å². The highest BCUT2D eigenvalue weighted by atomic mass is 32.1. The molecule has 302 valence electrons. The maximum absolute atomic E-state index is 14.4. The molecule has 0 saturated heterocycles. The Morgan fingerprint density at radius 1 is 0.907 bits per heavy atom. The molecule has 0 aliphatic heterocycles. The zero-order valence-corrected chi connectivity index (χ0v) is 35.5. The molecule has 54 heavy (non-hydrogen) atoms. The molecule has 2 rings (SSSR count). The summed E-state index contributed by atoms with van der Waals surface area (Å²) in [4.78, 5) is 74.5. The number of likely N-dealkylation sites (N-methyl/N-ethyl adjacent to an activating group) is 2. The topological polar surface area (TPSA) is 147 Å². The number of nitrogens with zero attached hydrogens (tertiary/aromatic N) is 3. The number of esters is 1. The Kier molecular flexibility index (Phi) is 18.1. The molecular weight excluding hydrogens is 707 g/mol. The molecule has 4 amide bonds. The van der Waals surface area contributed by atoms with Gasteiger partial charge in [-0.05, 0) is 56.9 Å². The molecule has 1 aromatic carbocycles. The van der Waals surface area contributed by atoms with E-state index in [1.165, 1.54) is 30.2 Å². The fourth-order valence-corrected chi connectivity index (χ4v) is 7.29. The second kappa shape index (κ2) is 21.2. The number of rotatable bonds is 19. The second-order valence-electron chi connectivity index (χ2n) is 16.0. The van der Waals surface area contributed by atoms with E-state index in [1.807, 2.05) is 71.9 Å². The molecular formula is C41H65N5O7S. The smallest absolute Gasteiger partial charge is 0.410 e. The summed E-state index contributed by atoms with van der Waals surface area (Å²) in [7, 11) is 3.21. The van der Waals surface area contributed by atoms with Gasteiger partial charge in [-0.25, -0.2) is 9.78 Å². The van der Waals surface area contributed by atoms with Gasteiger partial charge in [0, 0.05) is 44.9 Å². The molecule has 0 fully saturated rings. The monoisotopic (exact) mass is 771 g/mol. The molecule has 0 radical (unpaired) electrons. The first-order valence-corrected chi connectivity index (χ1v) is 20.1. The predicted octanol–water partition coefficient (Wildman–Crippen LogP) is 7.18. The standard InChI is InChI=1S/C41H65N5O7S/c1-14-19-30(22-29-20-17-16-18-21-29)42-36(48)31-24-54-38(43-31)33(52-28(8)47)23-32(25(3)4)45(12)39(50)34(27(7)15-2)44-37(49)35(26(5)6)46(13)40(51)53-41(9,10)11/h16-18,20-21,24-27,30,32-35H,14-15,19,22-23H2,1-13H3,(H,42,48)(H,44,49)/t27-,30+,32+,33+,34-,35-/m0/s1. The summed E-state index contributed by atoms with van der Waals surface area (Å²) in [5.74, 6) is -2.16. The van der Waals surface area contributed by atoms with Crippen LogP contribution in [0.15, 0.2) is 35.7 Å². The van der Waals surface area contributed by atoms with Crippen LogP contribution in [0.2, 0.25) is 0 Å². The third-order valence-electron chi connectivity index (χ3n) is 9.48. The number of carbonyl (C=O) groups is 5. The first-order valence-electron chi connectivity index (χ1n) is 19.2. The number of carbonyl (C=O) groups excluding carboxylic acids is 5. The number of aromatic nitrogens is 1. The molecule has 12 nitrogen and oxygen atoms in total. The lowest BCUT2D eigenvalue weighted by molar-refractivity contribution is -0.149. The van der Waals surface area contributed by atoms with Crippen LogP contribution in [0.3, 0.4) is 0 Å². The van der Waals surface area contributed by atoms with Crippen LogP contribution < -0.4 is 10.6 Å². The summed E-state index contributed by atoms with van der Waals surface area (Å²) >= 11 is 1.23. The van der Waals surface area contributed by atoms with Crippen LogP contribution in [0.1, 0.15) is 129 Å². The van der Waals surface area contributed by atoms with Crippen molar-refractivity contribution in [2.24, 2.45) is 17.8 Å². The number of hydrogen-bond acceptors (Lipinski definition) is 9. The minimum atomic E-state index is -0.892. The zero-order valence-electron chi connectivity index (χ0n) is 34.7. The van der Waals surface area contributed by atoms with E-state index in [-0.39, 0.29) is 47.7 Å². The predicted molar refractivity (Wildman–Crippen MR) is 213 cm³/mol. The van der Waals surface area contributed by atoms with Crippen LogP contribution in [0, 0.1) is 17.8 Å². The maximum atomic E-state index is 14.4. The van der Waals surface area contributed by atoms with Crippen molar-refractivity contribution in [3.05, 3.63) is 52.0 Å². The summed E-state index contributed by atoms with van der Waals surface area (Å²) in [6, 6.07) is 7.72. The molecule has 0 bridgehead atoms. The van der Waals surface area contributed by atoms with Crippen molar-refractivity contribution >= 4 is 41.1 Å². The summed E-state index contributed by atoms with van der Waals surface area (Å²) in [6.07, 6.45) is 1.78. The summed E-state index contributed by atoms with van der Waals surface area (Å²) in [5, 5.41) is 8.23. The van der Waals surface area contributed by atoms with Gasteiger partial charge in [-0.15, -0.1) is 11.3 Å². The van der Waals surface area contributed by atoms with Gasteiger partial charge >= 0.3 is 12.1 Å². The first kappa shape index (κ1) is 46.2. The van der Waals surface area contributed by atoms with E-state index in [9.17, 15) is 24.0 Å². The second-order valence-corrected chi connectivity index (χ2v) is 16.9. The molecule has 0 aliphatic rings. The van der Waals surface area contributed by atoms with Gasteiger partial charge in [-0.2, -0.15) is 0 Å². The fraction of sp³-hybridized carbons (Fsp3) is 0.659. The van der Waals surface area contributed by atoms with Crippen molar-refractivity contribution in [1.82, 2.24) is 25.4 Å². The molecule has 0 spiro atoms. The molecule has 2 aromatic rings. The zero-order chi connectivity index (χ0) is 40.9. The number of benzene rings is 1. The molecule has 0 unspecified atom stereocenters. The first-order chi connectivity index (χ1) is 25.2. The summed E-state index contributed by atoms with van der Waals surface area (Å²) in [5.41, 5.74) is 0.623. The molecule has 0 saturated carbocycles. The third-order valence-corrected chi connectivity index (χ3v) is 10.4. The highest BCUT2D eigenvalue weighted by Crippen LogP contribution is 2.31. The van der Waals surface area contributed by atoms with Gasteiger partial charge < -0.3 is 25.0 Å². The van der Waals surface area contributed by atoms with Gasteiger partial charge in [0.25, 0.3) is 5.91 Å². The van der Waals surface area contributed by atoms with Gasteiger partial charge in [0.05, 0.1) is 0 Å². The largest absolute Gasteiger partial charge is 0.455 e. The minimum absolute atomic E-state index is 0.0724. The van der Waals surface area contributed by atoms with E-state index in [0.29, 0.717) is 17.8 Å². The number of amides is 4. The van der Waals surface area contributed by atoms with Crippen molar-refractivity contribution in [1.29, 1.82) is 0 Å². The number of hydrogen-bond donors (Lipinski definition) is 2. The normalized spacial score (nSPS) is 15.0. The maximum Gasteiger partial charge on any atom is 0.410 e. The van der Waals surface area contributed by atoms with E-state index in [1.54, 1.807) is 38.1 Å². The van der Waals surface area contributed by atoms with Crippen molar-refractivity contribution in [3.63, 3.8) is 0 Å². The fourth-order valence-electron chi connectivity index (χ4n) is 6.45. The van der Waals surface area contributed by atoms with Crippen LogP contribution in [0.25, 0.3) is 0 Å². The van der Waals surface area contributed by atoms with Crippen molar-refractivity contribution in [2.75, 3.05) is 14.1 Å². The van der Waals surface area contributed by atoms with E-state index >= 15 is 0 Å². The molecule has 0 aliphatic carbocycles. The van der Waals surface area contributed by atoms with Gasteiger partial charge in [0.15, 0.2) is 6.10 Å². The lowest BCUT2D eigenvalue weighted by Crippen LogP contribution is -2.59. The lowest BCUT2D eigenvalue weighted by atomic mass is 9.92. The molecule has 2 N–H and O–H groups in total. The lowest BCUT2D eigenvalue weighted by Gasteiger charge is -2.38. The average Bonchev–Trinajstić information content (AvgIpc) is 3.58. The highest BCUT2D eigenvalue weighted by molar-refractivity contribution is 7.09. The van der Waals surface area contributed by atoms with E-state index in [0.717, 1.165) is 18.4 Å². The Labute approximate surface area is 327 Å². The van der Waals surface area contributed by atoms with Crippen LogP contribution >= 0.6 is 11.3 Å². The van der Waals surface area contributed by atoms with Gasteiger partial charge in [-0.3, -0.25) is 24.1 Å². The highest BCUT2D eigenvalue weighted by Gasteiger charge is 2.39. The van der Waals surface area contributed by atoms with Crippen LogP contribution in [0.4, 0.5) is 4.79 Å². The molecule has 13 heteroatoms. The number of ether oxygens (including phenoxy) is 2. The Morgan fingerprint density at radius 3 is 2.06 bits per heavy atom.